The summed E-state index contributed by atoms with van der Waals surface area (Å²) in [6.45, 7) is 0. The van der Waals surface area contributed by atoms with Crippen LogP contribution in [0, 0.1) is 0 Å². The molecule has 100 valence electrons. The zero-order valence-electron chi connectivity index (χ0n) is 10.4. The summed E-state index contributed by atoms with van der Waals surface area (Å²) in [5.41, 5.74) is 1.54. The third-order valence-corrected chi connectivity index (χ3v) is 3.59. The number of methoxy groups -OCH3 is 1. The van der Waals surface area contributed by atoms with E-state index in [1.54, 1.807) is 31.4 Å². The van der Waals surface area contributed by atoms with Crippen LogP contribution in [0.5, 0.6) is 5.75 Å². The number of benzene rings is 1. The van der Waals surface area contributed by atoms with Crippen LogP contribution in [0.1, 0.15) is 10.7 Å². The number of anilines is 1. The Hall–Kier alpha value is -1.59. The molecule has 1 aromatic carbocycles. The van der Waals surface area contributed by atoms with Gasteiger partial charge >= 0.3 is 0 Å². The summed E-state index contributed by atoms with van der Waals surface area (Å²) in [6.07, 6.45) is 0.258. The second-order valence-electron chi connectivity index (χ2n) is 3.82. The Morgan fingerprint density at radius 2 is 2.16 bits per heavy atom. The molecule has 0 saturated heterocycles. The molecule has 0 aliphatic rings. The number of carbonyl (C=O) groups excluding carboxylic acids is 1. The number of halogens is 1. The number of carbonyl (C=O) groups is 1. The standard InChI is InChI=1S/C13H13ClN2O2S/c1-18-11-4-2-9(3-5-11)15-12(17)6-13-16-10(7-14)8-19-13/h2-5,8H,6-7H2,1H3,(H,15,17). The van der Waals surface area contributed by atoms with E-state index < -0.39 is 0 Å². The molecule has 1 amide bonds. The van der Waals surface area contributed by atoms with Gasteiger partial charge in [0.2, 0.25) is 5.91 Å². The molecule has 4 nitrogen and oxygen atoms in total. The minimum absolute atomic E-state index is 0.0966. The van der Waals surface area contributed by atoms with Gasteiger partial charge in [-0.25, -0.2) is 4.98 Å². The number of thiazole rings is 1. The Labute approximate surface area is 120 Å². The highest BCUT2D eigenvalue weighted by Crippen LogP contribution is 2.16. The van der Waals surface area contributed by atoms with Gasteiger partial charge in [-0.15, -0.1) is 22.9 Å². The van der Waals surface area contributed by atoms with Crippen molar-refractivity contribution in [2.75, 3.05) is 12.4 Å². The molecule has 1 N–H and O–H groups in total. The minimum Gasteiger partial charge on any atom is -0.497 e. The summed E-state index contributed by atoms with van der Waals surface area (Å²) < 4.78 is 5.05. The van der Waals surface area contributed by atoms with E-state index in [1.807, 2.05) is 5.38 Å². The normalized spacial score (nSPS) is 10.2. The number of aromatic nitrogens is 1. The third kappa shape index (κ3) is 3.94. The van der Waals surface area contributed by atoms with Crippen molar-refractivity contribution in [2.45, 2.75) is 12.3 Å². The number of nitrogens with one attached hydrogen (secondary N) is 1. The van der Waals surface area contributed by atoms with Gasteiger partial charge in [-0.05, 0) is 24.3 Å². The maximum atomic E-state index is 11.8. The second-order valence-corrected chi connectivity index (χ2v) is 5.03. The van der Waals surface area contributed by atoms with Crippen molar-refractivity contribution in [2.24, 2.45) is 0 Å². The largest absolute Gasteiger partial charge is 0.497 e. The number of alkyl halides is 1. The first-order valence-electron chi connectivity index (χ1n) is 5.64. The summed E-state index contributed by atoms with van der Waals surface area (Å²) in [4.78, 5) is 16.1. The van der Waals surface area contributed by atoms with Crippen molar-refractivity contribution in [1.82, 2.24) is 4.98 Å². The molecule has 2 rings (SSSR count). The molecule has 0 aliphatic carbocycles. The van der Waals surface area contributed by atoms with Gasteiger partial charge in [0.1, 0.15) is 10.8 Å². The van der Waals surface area contributed by atoms with E-state index in [2.05, 4.69) is 10.3 Å². The molecular weight excluding hydrogens is 284 g/mol. The summed E-state index contributed by atoms with van der Waals surface area (Å²) >= 11 is 7.11. The Kier molecular flexibility index (Phi) is 4.76. The van der Waals surface area contributed by atoms with Crippen molar-refractivity contribution in [3.63, 3.8) is 0 Å². The van der Waals surface area contributed by atoms with Crippen LogP contribution in [0.25, 0.3) is 0 Å². The highest BCUT2D eigenvalue weighted by atomic mass is 35.5. The summed E-state index contributed by atoms with van der Waals surface area (Å²) in [6, 6.07) is 7.18. The molecule has 0 radical (unpaired) electrons. The SMILES string of the molecule is COc1ccc(NC(=O)Cc2nc(CCl)cs2)cc1. The minimum atomic E-state index is -0.0966. The quantitative estimate of drug-likeness (QED) is 0.863. The molecule has 0 aliphatic heterocycles. The lowest BCUT2D eigenvalue weighted by Gasteiger charge is -2.05. The van der Waals surface area contributed by atoms with Crippen LogP contribution in [0.4, 0.5) is 5.69 Å². The number of nitrogens with zero attached hydrogens (tertiary/aromatic N) is 1. The first kappa shape index (κ1) is 13.8. The van der Waals surface area contributed by atoms with Crippen LogP contribution < -0.4 is 10.1 Å². The fraction of sp³-hybridized carbons (Fsp3) is 0.231. The average Bonchev–Trinajstić information content (AvgIpc) is 2.87. The maximum Gasteiger partial charge on any atom is 0.231 e. The molecular formula is C13H13ClN2O2S. The van der Waals surface area contributed by atoms with E-state index in [9.17, 15) is 4.79 Å². The van der Waals surface area contributed by atoms with Gasteiger partial charge < -0.3 is 10.1 Å². The van der Waals surface area contributed by atoms with Crippen molar-refractivity contribution >= 4 is 34.5 Å². The van der Waals surface area contributed by atoms with Crippen LogP contribution in [-0.2, 0) is 17.1 Å². The van der Waals surface area contributed by atoms with Crippen molar-refractivity contribution in [3.05, 3.63) is 40.3 Å². The summed E-state index contributed by atoms with van der Waals surface area (Å²) in [7, 11) is 1.60. The second kappa shape index (κ2) is 6.54. The molecule has 6 heteroatoms. The molecule has 1 aromatic heterocycles. The lowest BCUT2D eigenvalue weighted by molar-refractivity contribution is -0.115. The lowest BCUT2D eigenvalue weighted by atomic mass is 10.3. The number of hydrogen-bond acceptors (Lipinski definition) is 4. The zero-order chi connectivity index (χ0) is 13.7. The van der Waals surface area contributed by atoms with Crippen molar-refractivity contribution in [3.8, 4) is 5.75 Å². The van der Waals surface area contributed by atoms with E-state index in [1.165, 1.54) is 11.3 Å². The van der Waals surface area contributed by atoms with Crippen LogP contribution >= 0.6 is 22.9 Å². The average molecular weight is 297 g/mol. The molecule has 1 heterocycles. The van der Waals surface area contributed by atoms with E-state index in [0.29, 0.717) is 5.88 Å². The first-order valence-corrected chi connectivity index (χ1v) is 7.06. The lowest BCUT2D eigenvalue weighted by Crippen LogP contribution is -2.14. The molecule has 2 aromatic rings. The van der Waals surface area contributed by atoms with Gasteiger partial charge in [-0.3, -0.25) is 4.79 Å². The number of amides is 1. The van der Waals surface area contributed by atoms with Crippen LogP contribution in [0.15, 0.2) is 29.6 Å². The Morgan fingerprint density at radius 1 is 1.42 bits per heavy atom. The van der Waals surface area contributed by atoms with E-state index in [-0.39, 0.29) is 12.3 Å². The fourth-order valence-corrected chi connectivity index (χ4v) is 2.53. The van der Waals surface area contributed by atoms with Crippen molar-refractivity contribution in [1.29, 1.82) is 0 Å². The van der Waals surface area contributed by atoms with E-state index >= 15 is 0 Å². The van der Waals surface area contributed by atoms with Gasteiger partial charge in [-0.2, -0.15) is 0 Å². The van der Waals surface area contributed by atoms with Crippen molar-refractivity contribution < 1.29 is 9.53 Å². The number of hydrogen-bond donors (Lipinski definition) is 1. The van der Waals surface area contributed by atoms with E-state index in [0.717, 1.165) is 22.1 Å². The Bertz CT molecular complexity index is 554. The first-order chi connectivity index (χ1) is 9.21. The van der Waals surface area contributed by atoms with Gasteiger partial charge in [0.15, 0.2) is 0 Å². The third-order valence-electron chi connectivity index (χ3n) is 2.42. The molecule has 0 bridgehead atoms. The fourth-order valence-electron chi connectivity index (χ4n) is 1.51. The predicted molar refractivity (Wildman–Crippen MR) is 77.0 cm³/mol. The van der Waals surface area contributed by atoms with Gasteiger partial charge in [0.25, 0.3) is 0 Å². The highest BCUT2D eigenvalue weighted by molar-refractivity contribution is 7.09. The number of rotatable bonds is 5. The molecule has 0 fully saturated rings. The molecule has 0 atom stereocenters. The Balaban J connectivity index is 1.93. The summed E-state index contributed by atoms with van der Waals surface area (Å²) in [5, 5.41) is 5.44. The van der Waals surface area contributed by atoms with Crippen LogP contribution in [-0.4, -0.2) is 18.0 Å². The van der Waals surface area contributed by atoms with Gasteiger partial charge in [0, 0.05) is 11.1 Å². The number of ether oxygens (including phenoxy) is 1. The zero-order valence-corrected chi connectivity index (χ0v) is 11.9. The predicted octanol–water partition coefficient (Wildman–Crippen LogP) is 3.07. The topological polar surface area (TPSA) is 51.2 Å². The smallest absolute Gasteiger partial charge is 0.231 e. The monoisotopic (exact) mass is 296 g/mol. The Morgan fingerprint density at radius 3 is 2.74 bits per heavy atom. The summed E-state index contributed by atoms with van der Waals surface area (Å²) in [5.74, 6) is 1.03. The maximum absolute atomic E-state index is 11.8. The highest BCUT2D eigenvalue weighted by Gasteiger charge is 2.08. The molecule has 0 unspecified atom stereocenters. The van der Waals surface area contributed by atoms with Gasteiger partial charge in [-0.1, -0.05) is 0 Å². The van der Waals surface area contributed by atoms with E-state index in [4.69, 9.17) is 16.3 Å². The molecule has 0 spiro atoms. The van der Waals surface area contributed by atoms with Crippen LogP contribution in [0.3, 0.4) is 0 Å². The van der Waals surface area contributed by atoms with Gasteiger partial charge in [0.05, 0.1) is 25.1 Å². The van der Waals surface area contributed by atoms with Crippen LogP contribution in [0.2, 0.25) is 0 Å². The molecule has 19 heavy (non-hydrogen) atoms. The molecule has 0 saturated carbocycles.